The average molecular weight is 235 g/mol. The Bertz CT molecular complexity index is 528. The summed E-state index contributed by atoms with van der Waals surface area (Å²) in [6, 6.07) is 1.58. The number of fused-ring (bicyclic) bond motifs is 1. The van der Waals surface area contributed by atoms with Gasteiger partial charge in [0.1, 0.15) is 5.56 Å². The summed E-state index contributed by atoms with van der Waals surface area (Å²) in [4.78, 5) is 22.9. The molecule has 0 aliphatic heterocycles. The van der Waals surface area contributed by atoms with E-state index in [9.17, 15) is 9.59 Å². The van der Waals surface area contributed by atoms with Crippen LogP contribution in [0.3, 0.4) is 0 Å². The number of pyridine rings is 1. The molecule has 0 saturated carbocycles. The highest BCUT2D eigenvalue weighted by atomic mass is 16.4. The highest BCUT2D eigenvalue weighted by molar-refractivity contribution is 5.87. The fraction of sp³-hybridized carbons (Fsp3) is 0.538. The van der Waals surface area contributed by atoms with Crippen molar-refractivity contribution in [3.05, 3.63) is 33.2 Å². The van der Waals surface area contributed by atoms with Crippen LogP contribution >= 0.6 is 0 Å². The second-order valence-electron chi connectivity index (χ2n) is 5.02. The van der Waals surface area contributed by atoms with Crippen molar-refractivity contribution in [3.63, 3.8) is 0 Å². The normalized spacial score (nSPS) is 18.5. The molecule has 0 aromatic carbocycles. The number of aromatic nitrogens is 1. The lowest BCUT2D eigenvalue weighted by Gasteiger charge is -2.16. The van der Waals surface area contributed by atoms with Crippen LogP contribution in [0.5, 0.6) is 0 Å². The van der Waals surface area contributed by atoms with Gasteiger partial charge in [-0.3, -0.25) is 4.79 Å². The second-order valence-corrected chi connectivity index (χ2v) is 5.02. The lowest BCUT2D eigenvalue weighted by atomic mass is 9.90. The number of carboxylic acids is 1. The molecule has 1 unspecified atom stereocenters. The molecule has 1 aromatic heterocycles. The number of aromatic carboxylic acids is 1. The van der Waals surface area contributed by atoms with Gasteiger partial charge in [0.05, 0.1) is 0 Å². The summed E-state index contributed by atoms with van der Waals surface area (Å²) in [6.07, 6.45) is 1.87. The molecule has 4 heteroatoms. The SMILES string of the molecule is CC(C)C1CCc2c1cc(C(=O)O)c(=O)n2C. The number of hydrogen-bond acceptors (Lipinski definition) is 2. The number of nitrogens with zero attached hydrogens (tertiary/aromatic N) is 1. The van der Waals surface area contributed by atoms with Crippen LogP contribution in [0.1, 0.15) is 47.8 Å². The second kappa shape index (κ2) is 4.02. The van der Waals surface area contributed by atoms with E-state index in [4.69, 9.17) is 5.11 Å². The van der Waals surface area contributed by atoms with E-state index in [1.54, 1.807) is 13.1 Å². The van der Waals surface area contributed by atoms with Crippen molar-refractivity contribution >= 4 is 5.97 Å². The van der Waals surface area contributed by atoms with Crippen molar-refractivity contribution in [3.8, 4) is 0 Å². The fourth-order valence-electron chi connectivity index (χ4n) is 2.72. The van der Waals surface area contributed by atoms with Crippen molar-refractivity contribution in [2.24, 2.45) is 13.0 Å². The molecule has 92 valence electrons. The molecule has 17 heavy (non-hydrogen) atoms. The Morgan fingerprint density at radius 1 is 1.53 bits per heavy atom. The quantitative estimate of drug-likeness (QED) is 0.849. The zero-order valence-corrected chi connectivity index (χ0v) is 10.4. The highest BCUT2D eigenvalue weighted by Gasteiger charge is 2.29. The lowest BCUT2D eigenvalue weighted by Crippen LogP contribution is -2.27. The first-order valence-corrected chi connectivity index (χ1v) is 5.89. The molecule has 1 aromatic rings. The molecule has 0 bridgehead atoms. The summed E-state index contributed by atoms with van der Waals surface area (Å²) >= 11 is 0. The monoisotopic (exact) mass is 235 g/mol. The Morgan fingerprint density at radius 2 is 2.18 bits per heavy atom. The van der Waals surface area contributed by atoms with Crippen LogP contribution in [0.2, 0.25) is 0 Å². The average Bonchev–Trinajstić information content (AvgIpc) is 2.66. The molecule has 0 fully saturated rings. The summed E-state index contributed by atoms with van der Waals surface area (Å²) in [5, 5.41) is 9.03. The molecule has 0 spiro atoms. The summed E-state index contributed by atoms with van der Waals surface area (Å²) in [7, 11) is 1.66. The third kappa shape index (κ3) is 1.77. The van der Waals surface area contributed by atoms with Gasteiger partial charge in [-0.15, -0.1) is 0 Å². The van der Waals surface area contributed by atoms with Gasteiger partial charge in [-0.25, -0.2) is 4.79 Å². The van der Waals surface area contributed by atoms with Crippen molar-refractivity contribution < 1.29 is 9.90 Å². The number of carbonyl (C=O) groups is 1. The lowest BCUT2D eigenvalue weighted by molar-refractivity contribution is 0.0694. The van der Waals surface area contributed by atoms with Crippen LogP contribution in [-0.2, 0) is 13.5 Å². The van der Waals surface area contributed by atoms with Gasteiger partial charge in [0.2, 0.25) is 0 Å². The van der Waals surface area contributed by atoms with Gasteiger partial charge in [0.25, 0.3) is 5.56 Å². The van der Waals surface area contributed by atoms with E-state index in [0.717, 1.165) is 24.1 Å². The summed E-state index contributed by atoms with van der Waals surface area (Å²) < 4.78 is 1.50. The van der Waals surface area contributed by atoms with E-state index < -0.39 is 11.5 Å². The topological polar surface area (TPSA) is 59.3 Å². The Balaban J connectivity index is 2.66. The minimum Gasteiger partial charge on any atom is -0.477 e. The van der Waals surface area contributed by atoms with Gasteiger partial charge < -0.3 is 9.67 Å². The van der Waals surface area contributed by atoms with E-state index in [1.165, 1.54) is 4.57 Å². The van der Waals surface area contributed by atoms with E-state index in [-0.39, 0.29) is 5.56 Å². The number of rotatable bonds is 2. The fourth-order valence-corrected chi connectivity index (χ4v) is 2.72. The molecular formula is C13H17NO3. The smallest absolute Gasteiger partial charge is 0.341 e. The molecule has 0 amide bonds. The standard InChI is InChI=1S/C13H17NO3/c1-7(2)8-4-5-11-9(8)6-10(13(16)17)12(15)14(11)3/h6-8H,4-5H2,1-3H3,(H,16,17). The van der Waals surface area contributed by atoms with E-state index in [2.05, 4.69) is 13.8 Å². The van der Waals surface area contributed by atoms with Crippen molar-refractivity contribution in [1.29, 1.82) is 0 Å². The van der Waals surface area contributed by atoms with Gasteiger partial charge in [0, 0.05) is 12.7 Å². The minimum atomic E-state index is -1.14. The zero-order valence-electron chi connectivity index (χ0n) is 10.4. The molecule has 4 nitrogen and oxygen atoms in total. The molecule has 1 heterocycles. The largest absolute Gasteiger partial charge is 0.477 e. The predicted molar refractivity (Wildman–Crippen MR) is 64.5 cm³/mol. The van der Waals surface area contributed by atoms with Crippen molar-refractivity contribution in [2.45, 2.75) is 32.6 Å². The van der Waals surface area contributed by atoms with Gasteiger partial charge in [0.15, 0.2) is 0 Å². The third-order valence-corrected chi connectivity index (χ3v) is 3.70. The minimum absolute atomic E-state index is 0.112. The Hall–Kier alpha value is -1.58. The summed E-state index contributed by atoms with van der Waals surface area (Å²) in [5.41, 5.74) is 1.53. The number of carboxylic acid groups (broad SMARTS) is 1. The van der Waals surface area contributed by atoms with Gasteiger partial charge in [-0.1, -0.05) is 13.8 Å². The molecule has 2 rings (SSSR count). The highest BCUT2D eigenvalue weighted by Crippen LogP contribution is 2.37. The van der Waals surface area contributed by atoms with Gasteiger partial charge in [-0.05, 0) is 36.3 Å². The molecular weight excluding hydrogens is 218 g/mol. The number of hydrogen-bond donors (Lipinski definition) is 1. The summed E-state index contributed by atoms with van der Waals surface area (Å²) in [6.45, 7) is 4.26. The zero-order chi connectivity index (χ0) is 12.7. The van der Waals surface area contributed by atoms with Gasteiger partial charge in [-0.2, -0.15) is 0 Å². The predicted octanol–water partition coefficient (Wildman–Crippen LogP) is 1.77. The van der Waals surface area contributed by atoms with Gasteiger partial charge >= 0.3 is 5.97 Å². The summed E-state index contributed by atoms with van der Waals surface area (Å²) in [5.74, 6) is -0.298. The van der Waals surface area contributed by atoms with Crippen molar-refractivity contribution in [2.75, 3.05) is 0 Å². The Morgan fingerprint density at radius 3 is 2.71 bits per heavy atom. The third-order valence-electron chi connectivity index (χ3n) is 3.70. The van der Waals surface area contributed by atoms with Crippen LogP contribution in [0.25, 0.3) is 0 Å². The first-order valence-electron chi connectivity index (χ1n) is 5.89. The van der Waals surface area contributed by atoms with E-state index in [1.807, 2.05) is 0 Å². The molecule has 1 aliphatic rings. The first-order chi connectivity index (χ1) is 7.93. The first kappa shape index (κ1) is 11.9. The molecule has 1 N–H and O–H groups in total. The molecule has 1 atom stereocenters. The maximum absolute atomic E-state index is 11.8. The van der Waals surface area contributed by atoms with Crippen LogP contribution < -0.4 is 5.56 Å². The molecule has 1 aliphatic carbocycles. The van der Waals surface area contributed by atoms with Crippen LogP contribution in [0.4, 0.5) is 0 Å². The molecule has 0 saturated heterocycles. The van der Waals surface area contributed by atoms with E-state index >= 15 is 0 Å². The maximum Gasteiger partial charge on any atom is 0.341 e. The van der Waals surface area contributed by atoms with Crippen LogP contribution in [0.15, 0.2) is 10.9 Å². The van der Waals surface area contributed by atoms with Crippen LogP contribution in [0, 0.1) is 5.92 Å². The van der Waals surface area contributed by atoms with Crippen molar-refractivity contribution in [1.82, 2.24) is 4.57 Å². The molecule has 0 radical (unpaired) electrons. The van der Waals surface area contributed by atoms with Crippen LogP contribution in [-0.4, -0.2) is 15.6 Å². The maximum atomic E-state index is 11.8. The van der Waals surface area contributed by atoms with E-state index in [0.29, 0.717) is 11.8 Å². The Labute approximate surface area is 99.9 Å². The Kier molecular flexibility index (Phi) is 2.81.